The number of fused-ring (bicyclic) bond motifs is 3. The quantitative estimate of drug-likeness (QED) is 0.102. The molecule has 21 atom stereocenters. The molecule has 7 heterocycles. The number of ether oxygens (including phenoxy) is 9. The molecule has 3 fully saturated rings. The first-order valence-electron chi connectivity index (χ1n) is 20.2. The molecule has 21 unspecified atom stereocenters. The molecule has 0 aromatic carbocycles. The van der Waals surface area contributed by atoms with Crippen molar-refractivity contribution in [3.05, 3.63) is 34.6 Å². The van der Waals surface area contributed by atoms with Crippen LogP contribution in [0.2, 0.25) is 0 Å². The summed E-state index contributed by atoms with van der Waals surface area (Å²) in [6.45, 7) is -5.87. The molecule has 0 spiro atoms. The van der Waals surface area contributed by atoms with Crippen molar-refractivity contribution < 1.29 is 150 Å². The molecule has 0 aromatic heterocycles. The van der Waals surface area contributed by atoms with Crippen LogP contribution in [0.25, 0.3) is 0 Å². The third-order valence-electron chi connectivity index (χ3n) is 10.8. The highest BCUT2D eigenvalue weighted by molar-refractivity contribution is 5.12. The Morgan fingerprint density at radius 1 is 0.288 bits per heavy atom. The zero-order valence-electron chi connectivity index (χ0n) is 34.6. The van der Waals surface area contributed by atoms with Gasteiger partial charge in [0.25, 0.3) is 0 Å². The molecule has 30 heteroatoms. The van der Waals surface area contributed by atoms with Gasteiger partial charge in [0, 0.05) is 39.1 Å². The van der Waals surface area contributed by atoms with E-state index in [1.165, 1.54) is 0 Å². The number of aliphatic hydroxyl groups excluding tert-OH is 21. The maximum Gasteiger partial charge on any atom is 0.218 e. The Morgan fingerprint density at radius 3 is 0.833 bits per heavy atom. The van der Waals surface area contributed by atoms with Crippen LogP contribution in [-0.4, -0.2) is 276 Å². The van der Waals surface area contributed by atoms with Gasteiger partial charge in [0.1, 0.15) is 91.6 Å². The predicted octanol–water partition coefficient (Wildman–Crippen LogP) is -8.29. The smallest absolute Gasteiger partial charge is 0.218 e. The van der Waals surface area contributed by atoms with Gasteiger partial charge in [-0.1, -0.05) is 0 Å². The van der Waals surface area contributed by atoms with Crippen molar-refractivity contribution >= 4 is 0 Å². The third kappa shape index (κ3) is 12.6. The number of aliphatic hydroxyl groups is 21. The SMILES string of the molecule is OCCC1OC(O)/C(O)=C(\O)C(CCO)OC2OC(CO)C(OC3OC(CO)C(OC4OC(CO)C(OC(O)/C(O)=C(\O)C(CCO)OC(O)C(O)=C1O)C(O)C4O)C(O)C3O)C(O)C2O. The van der Waals surface area contributed by atoms with E-state index in [2.05, 4.69) is 0 Å². The Morgan fingerprint density at radius 2 is 0.545 bits per heavy atom. The van der Waals surface area contributed by atoms with Crippen molar-refractivity contribution in [1.82, 2.24) is 0 Å². The van der Waals surface area contributed by atoms with Gasteiger partial charge in [0.2, 0.25) is 18.9 Å². The zero-order chi connectivity index (χ0) is 49.3. The highest BCUT2D eigenvalue weighted by Crippen LogP contribution is 2.35. The van der Waals surface area contributed by atoms with Crippen LogP contribution in [0.1, 0.15) is 19.3 Å². The highest BCUT2D eigenvalue weighted by Gasteiger charge is 2.54. The van der Waals surface area contributed by atoms with Gasteiger partial charge in [-0.05, 0) is 0 Å². The molecule has 21 N–H and O–H groups in total. The molecule has 0 radical (unpaired) electrons. The van der Waals surface area contributed by atoms with E-state index in [0.29, 0.717) is 0 Å². The van der Waals surface area contributed by atoms with Crippen molar-refractivity contribution in [3.63, 3.8) is 0 Å². The number of rotatable bonds is 9. The largest absolute Gasteiger partial charge is 0.506 e. The van der Waals surface area contributed by atoms with Gasteiger partial charge in [-0.25, -0.2) is 0 Å². The minimum atomic E-state index is -2.76. The summed E-state index contributed by atoms with van der Waals surface area (Å²) in [5.41, 5.74) is 0. The second-order valence-corrected chi connectivity index (χ2v) is 15.2. The maximum atomic E-state index is 11.1. The van der Waals surface area contributed by atoms with Crippen LogP contribution in [0, 0.1) is 0 Å². The minimum absolute atomic E-state index is 0.672. The topological polar surface area (TPSA) is 508 Å². The summed E-state index contributed by atoms with van der Waals surface area (Å²) in [5.74, 6) is -8.92. The van der Waals surface area contributed by atoms with Crippen molar-refractivity contribution in [2.24, 2.45) is 0 Å². The van der Waals surface area contributed by atoms with Crippen LogP contribution in [0.4, 0.5) is 0 Å². The van der Waals surface area contributed by atoms with Crippen LogP contribution in [0.3, 0.4) is 0 Å². The molecule has 30 nitrogen and oxygen atoms in total. The van der Waals surface area contributed by atoms with Gasteiger partial charge < -0.3 is 150 Å². The minimum Gasteiger partial charge on any atom is -0.506 e. The van der Waals surface area contributed by atoms with E-state index in [0.717, 1.165) is 0 Å². The van der Waals surface area contributed by atoms with Crippen LogP contribution < -0.4 is 0 Å². The zero-order valence-corrected chi connectivity index (χ0v) is 34.6. The van der Waals surface area contributed by atoms with E-state index in [1.807, 2.05) is 0 Å². The lowest BCUT2D eigenvalue weighted by Crippen LogP contribution is -2.67. The van der Waals surface area contributed by atoms with E-state index in [9.17, 15) is 107 Å². The summed E-state index contributed by atoms with van der Waals surface area (Å²) in [4.78, 5) is 0. The summed E-state index contributed by atoms with van der Waals surface area (Å²) in [7, 11) is 0. The molecule has 66 heavy (non-hydrogen) atoms. The summed E-state index contributed by atoms with van der Waals surface area (Å²) in [6.07, 6.45) is -47.1. The van der Waals surface area contributed by atoms with E-state index in [4.69, 9.17) is 42.6 Å². The Hall–Kier alpha value is -2.94. The van der Waals surface area contributed by atoms with E-state index in [1.54, 1.807) is 0 Å². The van der Waals surface area contributed by atoms with Gasteiger partial charge in [0.05, 0.1) is 19.8 Å². The van der Waals surface area contributed by atoms with Crippen LogP contribution in [-0.2, 0) is 42.6 Å². The van der Waals surface area contributed by atoms with Gasteiger partial charge in [-0.3, -0.25) is 0 Å². The van der Waals surface area contributed by atoms with Crippen LogP contribution in [0.15, 0.2) is 34.6 Å². The molecule has 7 rings (SSSR count). The Balaban J connectivity index is 1.78. The van der Waals surface area contributed by atoms with Crippen LogP contribution >= 0.6 is 0 Å². The standard InChI is InChI=1S/C36H60O30/c37-4-1-10-16(43)22(49)31(55)59-11(2-5-38)17(44)24(51)33(57)64-28-13(7-40)62-35(26(53)19(28)46)66-30-15(9-42)63-36(27(54)21(30)48)65-29-14(8-41)61-34(25(52)20(29)47)60-12(3-6-39)18(45)23(50)32(56)58-10/h10-15,19-21,25-57H,1-9H2/b22-16?,23-18+,24-17+. The summed E-state index contributed by atoms with van der Waals surface area (Å²) >= 11 is 0. The van der Waals surface area contributed by atoms with Gasteiger partial charge >= 0.3 is 0 Å². The first-order valence-corrected chi connectivity index (χ1v) is 20.2. The molecule has 0 aromatic rings. The first kappa shape index (κ1) is 55.7. The molecule has 7 aliphatic rings. The fraction of sp³-hybridized carbons (Fsp3) is 0.833. The van der Waals surface area contributed by atoms with Crippen molar-refractivity contribution in [2.45, 2.75) is 149 Å². The fourth-order valence-corrected chi connectivity index (χ4v) is 7.16. The molecule has 3 saturated heterocycles. The molecule has 6 bridgehead atoms. The summed E-state index contributed by atoms with van der Waals surface area (Å²) in [6, 6.07) is 0. The normalized spacial score (nSPS) is 45.6. The highest BCUT2D eigenvalue weighted by atomic mass is 16.8. The number of hydrogen-bond donors (Lipinski definition) is 21. The molecule has 0 aliphatic carbocycles. The molecule has 0 saturated carbocycles. The van der Waals surface area contributed by atoms with Gasteiger partial charge in [-0.2, -0.15) is 0 Å². The van der Waals surface area contributed by atoms with Crippen LogP contribution in [0.5, 0.6) is 0 Å². The molecular weight excluding hydrogens is 912 g/mol. The van der Waals surface area contributed by atoms with Crippen molar-refractivity contribution in [3.8, 4) is 0 Å². The van der Waals surface area contributed by atoms with Gasteiger partial charge in [-0.15, -0.1) is 0 Å². The van der Waals surface area contributed by atoms with Crippen molar-refractivity contribution in [2.75, 3.05) is 39.6 Å². The predicted molar refractivity (Wildman–Crippen MR) is 202 cm³/mol. The van der Waals surface area contributed by atoms with Crippen molar-refractivity contribution in [1.29, 1.82) is 0 Å². The monoisotopic (exact) mass is 972 g/mol. The van der Waals surface area contributed by atoms with E-state index in [-0.39, 0.29) is 0 Å². The molecule has 0 amide bonds. The average Bonchev–Trinajstić information content (AvgIpc) is 3.30. The Labute approximate surface area is 372 Å². The third-order valence-corrected chi connectivity index (χ3v) is 10.8. The Kier molecular flexibility index (Phi) is 21.1. The second kappa shape index (κ2) is 25.1. The molecule has 7 aliphatic heterocycles. The fourth-order valence-electron chi connectivity index (χ4n) is 7.16. The lowest BCUT2D eigenvalue weighted by molar-refractivity contribution is -0.383. The van der Waals surface area contributed by atoms with E-state index < -0.39 is 223 Å². The lowest BCUT2D eigenvalue weighted by Gasteiger charge is -2.48. The first-order chi connectivity index (χ1) is 31.2. The average molecular weight is 973 g/mol. The number of hydrogen-bond acceptors (Lipinski definition) is 30. The lowest BCUT2D eigenvalue weighted by atomic mass is 9.96. The van der Waals surface area contributed by atoms with Gasteiger partial charge in [0.15, 0.2) is 53.4 Å². The summed E-state index contributed by atoms with van der Waals surface area (Å²) < 4.78 is 48.6. The van der Waals surface area contributed by atoms with E-state index >= 15 is 0 Å². The maximum absolute atomic E-state index is 11.1. The Bertz CT molecular complexity index is 1590. The molecular formula is C36H60O30. The second-order valence-electron chi connectivity index (χ2n) is 15.2. The summed E-state index contributed by atoms with van der Waals surface area (Å²) in [5, 5.41) is 222. The molecule has 384 valence electrons.